The first-order valence-electron chi connectivity index (χ1n) is 13.0. The summed E-state index contributed by atoms with van der Waals surface area (Å²) in [5.74, 6) is 0.944. The number of alkyl carbamates (subject to hydrolysis) is 1. The van der Waals surface area contributed by atoms with Crippen molar-refractivity contribution in [2.24, 2.45) is 7.05 Å². The zero-order valence-electron chi connectivity index (χ0n) is 22.8. The summed E-state index contributed by atoms with van der Waals surface area (Å²) in [4.78, 5) is 17.8. The smallest absolute Gasteiger partial charge is 0.407 e. The van der Waals surface area contributed by atoms with Crippen LogP contribution in [0, 0.1) is 6.92 Å². The molecule has 2 heterocycles. The van der Waals surface area contributed by atoms with Gasteiger partial charge in [0.2, 0.25) is 0 Å². The Balaban J connectivity index is 1.53. The van der Waals surface area contributed by atoms with Gasteiger partial charge >= 0.3 is 6.09 Å². The van der Waals surface area contributed by atoms with Gasteiger partial charge in [-0.25, -0.2) is 18.2 Å². The second kappa shape index (κ2) is 11.4. The van der Waals surface area contributed by atoms with Gasteiger partial charge in [0.15, 0.2) is 15.7 Å². The number of aryl methyl sites for hydroxylation is 2. The van der Waals surface area contributed by atoms with E-state index < -0.39 is 15.1 Å². The van der Waals surface area contributed by atoms with E-state index in [4.69, 9.17) is 9.72 Å². The summed E-state index contributed by atoms with van der Waals surface area (Å²) < 4.78 is 33.7. The number of aromatic nitrogens is 3. The molecule has 0 aliphatic heterocycles. The monoisotopic (exact) mass is 559 g/mol. The predicted octanol–water partition coefficient (Wildman–Crippen LogP) is 5.94. The molecule has 1 aliphatic rings. The van der Waals surface area contributed by atoms with Crippen LogP contribution in [0.15, 0.2) is 35.4 Å². The molecule has 1 amide bonds. The van der Waals surface area contributed by atoms with E-state index in [1.165, 1.54) is 0 Å². The molecule has 0 bridgehead atoms. The average Bonchev–Trinajstić information content (AvgIpc) is 3.45. The third-order valence-corrected chi connectivity index (χ3v) is 10.2. The van der Waals surface area contributed by atoms with Crippen molar-refractivity contribution in [1.29, 1.82) is 0 Å². The average molecular weight is 560 g/mol. The van der Waals surface area contributed by atoms with Crippen LogP contribution in [0.4, 0.5) is 16.3 Å². The maximum Gasteiger partial charge on any atom is 0.407 e. The number of carbonyl (C=O) groups is 1. The predicted molar refractivity (Wildman–Crippen MR) is 151 cm³/mol. The van der Waals surface area contributed by atoms with Crippen molar-refractivity contribution >= 4 is 38.8 Å². The molecule has 0 saturated heterocycles. The third kappa shape index (κ3) is 6.37. The van der Waals surface area contributed by atoms with Gasteiger partial charge in [-0.15, -0.1) is 11.3 Å². The van der Waals surface area contributed by atoms with Crippen LogP contribution in [-0.4, -0.2) is 46.7 Å². The van der Waals surface area contributed by atoms with Crippen molar-refractivity contribution in [2.45, 2.75) is 88.5 Å². The Morgan fingerprint density at radius 3 is 2.45 bits per heavy atom. The summed E-state index contributed by atoms with van der Waals surface area (Å²) in [5, 5.41) is 11.0. The largest absolute Gasteiger partial charge is 0.447 e. The first-order valence-corrected chi connectivity index (χ1v) is 15.4. The number of sulfone groups is 1. The topological polar surface area (TPSA) is 115 Å². The minimum absolute atomic E-state index is 0.0997. The number of ether oxygens (including phenoxy) is 1. The lowest BCUT2D eigenvalue weighted by atomic mass is 9.86. The molecular weight excluding hydrogens is 522 g/mol. The van der Waals surface area contributed by atoms with Crippen molar-refractivity contribution in [2.75, 3.05) is 5.32 Å². The van der Waals surface area contributed by atoms with Gasteiger partial charge in [0.05, 0.1) is 26.1 Å². The Labute approximate surface area is 228 Å². The molecule has 1 aliphatic carbocycles. The second-order valence-electron chi connectivity index (χ2n) is 10.4. The third-order valence-electron chi connectivity index (χ3n) is 6.83. The summed E-state index contributed by atoms with van der Waals surface area (Å²) in [5.41, 5.74) is 2.33. The highest BCUT2D eigenvalue weighted by atomic mass is 32.2. The lowest BCUT2D eigenvalue weighted by molar-refractivity contribution is 0.109. The van der Waals surface area contributed by atoms with E-state index in [9.17, 15) is 13.2 Å². The van der Waals surface area contributed by atoms with E-state index in [2.05, 4.69) is 15.7 Å². The summed E-state index contributed by atoms with van der Waals surface area (Å²) in [7, 11) is -1.69. The number of rotatable bonds is 8. The molecule has 206 valence electrons. The van der Waals surface area contributed by atoms with Crippen LogP contribution in [-0.2, 0) is 21.6 Å². The van der Waals surface area contributed by atoms with Crippen LogP contribution in [0.5, 0.6) is 0 Å². The Morgan fingerprint density at radius 1 is 1.13 bits per heavy atom. The highest BCUT2D eigenvalue weighted by Gasteiger charge is 2.28. The summed E-state index contributed by atoms with van der Waals surface area (Å²) >= 11 is 1.55. The quantitative estimate of drug-likeness (QED) is 0.351. The first kappa shape index (κ1) is 28.1. The van der Waals surface area contributed by atoms with E-state index >= 15 is 0 Å². The van der Waals surface area contributed by atoms with Gasteiger partial charge in [-0.3, -0.25) is 4.68 Å². The number of hydrogen-bond acceptors (Lipinski definition) is 8. The van der Waals surface area contributed by atoms with Crippen LogP contribution in [0.1, 0.15) is 70.0 Å². The van der Waals surface area contributed by atoms with Crippen molar-refractivity contribution in [3.63, 3.8) is 0 Å². The molecule has 0 spiro atoms. The lowest BCUT2D eigenvalue weighted by Crippen LogP contribution is -2.38. The molecule has 2 N–H and O–H groups in total. The number of amides is 1. The lowest BCUT2D eigenvalue weighted by Gasteiger charge is -2.28. The summed E-state index contributed by atoms with van der Waals surface area (Å²) in [6.45, 7) is 9.02. The maximum absolute atomic E-state index is 13.4. The van der Waals surface area contributed by atoms with Crippen LogP contribution < -0.4 is 10.6 Å². The maximum atomic E-state index is 13.4. The zero-order valence-corrected chi connectivity index (χ0v) is 24.4. The molecule has 1 saturated carbocycles. The van der Waals surface area contributed by atoms with Gasteiger partial charge in [0.25, 0.3) is 0 Å². The highest BCUT2D eigenvalue weighted by Crippen LogP contribution is 2.40. The van der Waals surface area contributed by atoms with Crippen molar-refractivity contribution < 1.29 is 17.9 Å². The Kier molecular flexibility index (Phi) is 8.46. The molecular formula is C27H37N5O4S2. The van der Waals surface area contributed by atoms with E-state index in [1.807, 2.05) is 46.0 Å². The number of nitrogens with one attached hydrogen (secondary N) is 2. The zero-order chi connectivity index (χ0) is 27.6. The molecule has 3 aromatic rings. The molecule has 1 aromatic carbocycles. The molecule has 1 fully saturated rings. The van der Waals surface area contributed by atoms with Crippen LogP contribution in [0.3, 0.4) is 0 Å². The fourth-order valence-electron chi connectivity index (χ4n) is 4.56. The second-order valence-corrected chi connectivity index (χ2v) is 14.0. The minimum Gasteiger partial charge on any atom is -0.447 e. The van der Waals surface area contributed by atoms with E-state index in [0.717, 1.165) is 41.3 Å². The molecule has 0 atom stereocenters. The Bertz CT molecular complexity index is 1370. The molecule has 0 radical (unpaired) electrons. The minimum atomic E-state index is -3.56. The van der Waals surface area contributed by atoms with Gasteiger partial charge < -0.3 is 15.4 Å². The Hall–Kier alpha value is -2.92. The van der Waals surface area contributed by atoms with Crippen molar-refractivity contribution in [3.8, 4) is 10.4 Å². The summed E-state index contributed by atoms with van der Waals surface area (Å²) in [6.07, 6.45) is 4.80. The van der Waals surface area contributed by atoms with Gasteiger partial charge in [-0.1, -0.05) is 6.07 Å². The number of thiazole rings is 1. The SMILES string of the molecule is Cc1cc(Nc2ccc(-c3cnc([C@H]4CC[C@H](NC(=O)OC(C)C)CC4)s3)c(S(=O)(=O)C(C)C)c2)nn1C. The van der Waals surface area contributed by atoms with Gasteiger partial charge in [-0.05, 0) is 72.4 Å². The summed E-state index contributed by atoms with van der Waals surface area (Å²) in [6, 6.07) is 7.44. The number of hydrogen-bond donors (Lipinski definition) is 2. The standard InChI is InChI=1S/C27H37N5O4S2/c1-16(2)36-27(33)30-20-9-7-19(8-10-20)26-28-15-23(37-26)22-12-11-21(14-24(22)38(34,35)17(3)4)29-25-13-18(5)32(6)31-25/h11-17,19-20H,7-10H2,1-6H3,(H,29,31)(H,30,33)/t19-,20-. The fourth-order valence-corrected chi connectivity index (χ4v) is 7.04. The first-order chi connectivity index (χ1) is 17.9. The van der Waals surface area contributed by atoms with Crippen molar-refractivity contribution in [1.82, 2.24) is 20.1 Å². The normalized spacial score (nSPS) is 18.1. The van der Waals surface area contributed by atoms with E-state index in [1.54, 1.807) is 42.1 Å². The van der Waals surface area contributed by atoms with E-state index in [0.29, 0.717) is 17.1 Å². The van der Waals surface area contributed by atoms with Crippen LogP contribution in [0.2, 0.25) is 0 Å². The molecule has 11 heteroatoms. The molecule has 0 unspecified atom stereocenters. The van der Waals surface area contributed by atoms with Crippen LogP contribution in [0.25, 0.3) is 10.4 Å². The molecule has 4 rings (SSSR count). The van der Waals surface area contributed by atoms with Gasteiger partial charge in [0.1, 0.15) is 0 Å². The number of anilines is 2. The fraction of sp³-hybridized carbons (Fsp3) is 0.519. The van der Waals surface area contributed by atoms with E-state index in [-0.39, 0.29) is 29.1 Å². The van der Waals surface area contributed by atoms with Crippen molar-refractivity contribution in [3.05, 3.63) is 41.2 Å². The highest BCUT2D eigenvalue weighted by molar-refractivity contribution is 7.92. The van der Waals surface area contributed by atoms with Gasteiger partial charge in [0, 0.05) is 48.2 Å². The molecule has 9 nitrogen and oxygen atoms in total. The molecule has 2 aromatic heterocycles. The number of nitrogens with zero attached hydrogens (tertiary/aromatic N) is 3. The number of benzene rings is 1. The molecule has 38 heavy (non-hydrogen) atoms. The van der Waals surface area contributed by atoms with Gasteiger partial charge in [-0.2, -0.15) is 5.10 Å². The Morgan fingerprint density at radius 2 is 1.84 bits per heavy atom. The number of carbonyl (C=O) groups excluding carboxylic acids is 1. The van der Waals surface area contributed by atoms with Crippen LogP contribution >= 0.6 is 11.3 Å².